The van der Waals surface area contributed by atoms with E-state index in [1.54, 1.807) is 11.0 Å². The molecule has 1 aromatic rings. The van der Waals surface area contributed by atoms with Gasteiger partial charge in [-0.05, 0) is 25.9 Å². The molecule has 2 rings (SSSR count). The van der Waals surface area contributed by atoms with Crippen molar-refractivity contribution in [1.29, 1.82) is 0 Å². The Kier molecular flexibility index (Phi) is 3.10. The molecule has 0 bridgehead atoms. The number of nitrogens with one attached hydrogen (secondary N) is 1. The van der Waals surface area contributed by atoms with Gasteiger partial charge in [0.1, 0.15) is 5.69 Å². The molecule has 1 N–H and O–H groups in total. The first-order chi connectivity index (χ1) is 6.84. The minimum absolute atomic E-state index is 0.387. The Hall–Kier alpha value is -0.940. The second-order valence-corrected chi connectivity index (χ2v) is 3.59. The molecule has 1 saturated heterocycles. The normalized spacial score (nSPS) is 18.6. The van der Waals surface area contributed by atoms with Gasteiger partial charge in [-0.2, -0.15) is 15.0 Å². The van der Waals surface area contributed by atoms with Crippen molar-refractivity contribution in [1.82, 2.24) is 20.3 Å². The van der Waals surface area contributed by atoms with E-state index >= 15 is 0 Å². The molecule has 2 heterocycles. The lowest BCUT2D eigenvalue weighted by molar-refractivity contribution is 0.0194. The van der Waals surface area contributed by atoms with E-state index in [1.165, 1.54) is 0 Å². The van der Waals surface area contributed by atoms with Crippen molar-refractivity contribution >= 4 is 0 Å². The zero-order chi connectivity index (χ0) is 9.80. The van der Waals surface area contributed by atoms with Gasteiger partial charge in [-0.1, -0.05) is 0 Å². The van der Waals surface area contributed by atoms with Gasteiger partial charge in [0.25, 0.3) is 0 Å². The SMILES string of the molecule is Cn1ncc(COC2CCNCC2)n1. The van der Waals surface area contributed by atoms with Gasteiger partial charge in [0.2, 0.25) is 0 Å². The predicted octanol–water partition coefficient (Wildman–Crippen LogP) is 0.0837. The van der Waals surface area contributed by atoms with Crippen LogP contribution in [0.25, 0.3) is 0 Å². The van der Waals surface area contributed by atoms with Gasteiger partial charge in [-0.3, -0.25) is 0 Å². The Morgan fingerprint density at radius 3 is 3.00 bits per heavy atom. The van der Waals surface area contributed by atoms with Crippen LogP contribution in [0.2, 0.25) is 0 Å². The fraction of sp³-hybridized carbons (Fsp3) is 0.778. The third-order valence-electron chi connectivity index (χ3n) is 2.40. The summed E-state index contributed by atoms with van der Waals surface area (Å²) in [7, 11) is 1.81. The first-order valence-corrected chi connectivity index (χ1v) is 5.02. The summed E-state index contributed by atoms with van der Waals surface area (Å²) >= 11 is 0. The molecular weight excluding hydrogens is 180 g/mol. The van der Waals surface area contributed by atoms with Gasteiger partial charge >= 0.3 is 0 Å². The highest BCUT2D eigenvalue weighted by molar-refractivity contribution is 4.88. The Bertz CT molecular complexity index is 280. The van der Waals surface area contributed by atoms with Crippen LogP contribution in [0.1, 0.15) is 18.5 Å². The van der Waals surface area contributed by atoms with Crippen LogP contribution in [0.3, 0.4) is 0 Å². The highest BCUT2D eigenvalue weighted by Crippen LogP contribution is 2.09. The maximum absolute atomic E-state index is 5.73. The minimum atomic E-state index is 0.387. The summed E-state index contributed by atoms with van der Waals surface area (Å²) in [6.45, 7) is 2.70. The smallest absolute Gasteiger partial charge is 0.108 e. The third-order valence-corrected chi connectivity index (χ3v) is 2.40. The lowest BCUT2D eigenvalue weighted by Gasteiger charge is -2.22. The second kappa shape index (κ2) is 4.52. The highest BCUT2D eigenvalue weighted by atomic mass is 16.5. The van der Waals surface area contributed by atoms with Crippen LogP contribution < -0.4 is 5.32 Å². The van der Waals surface area contributed by atoms with E-state index in [-0.39, 0.29) is 0 Å². The first-order valence-electron chi connectivity index (χ1n) is 5.02. The van der Waals surface area contributed by atoms with Gasteiger partial charge in [-0.15, -0.1) is 0 Å². The van der Waals surface area contributed by atoms with Crippen molar-refractivity contribution in [2.45, 2.75) is 25.6 Å². The molecule has 0 atom stereocenters. The largest absolute Gasteiger partial charge is 0.372 e. The Labute approximate surface area is 83.4 Å². The van der Waals surface area contributed by atoms with E-state index in [2.05, 4.69) is 15.5 Å². The summed E-state index contributed by atoms with van der Waals surface area (Å²) in [6, 6.07) is 0. The predicted molar refractivity (Wildman–Crippen MR) is 51.7 cm³/mol. The van der Waals surface area contributed by atoms with Crippen molar-refractivity contribution in [3.05, 3.63) is 11.9 Å². The van der Waals surface area contributed by atoms with Crippen LogP contribution in [0, 0.1) is 0 Å². The van der Waals surface area contributed by atoms with E-state index in [0.717, 1.165) is 31.6 Å². The van der Waals surface area contributed by atoms with E-state index in [4.69, 9.17) is 4.74 Å². The van der Waals surface area contributed by atoms with E-state index in [0.29, 0.717) is 12.7 Å². The molecule has 1 aliphatic heterocycles. The molecule has 0 aliphatic carbocycles. The van der Waals surface area contributed by atoms with Gasteiger partial charge in [-0.25, -0.2) is 0 Å². The standard InChI is InChI=1S/C9H16N4O/c1-13-11-6-8(12-13)7-14-9-2-4-10-5-3-9/h6,9-10H,2-5,7H2,1H3. The molecule has 1 fully saturated rings. The van der Waals surface area contributed by atoms with Gasteiger partial charge in [0.05, 0.1) is 18.9 Å². The van der Waals surface area contributed by atoms with Crippen LogP contribution in [0.15, 0.2) is 6.20 Å². The number of aromatic nitrogens is 3. The zero-order valence-corrected chi connectivity index (χ0v) is 8.44. The number of piperidine rings is 1. The second-order valence-electron chi connectivity index (χ2n) is 3.59. The lowest BCUT2D eigenvalue weighted by atomic mass is 10.1. The monoisotopic (exact) mass is 196 g/mol. The number of ether oxygens (including phenoxy) is 1. The van der Waals surface area contributed by atoms with Crippen molar-refractivity contribution < 1.29 is 4.74 Å². The molecule has 1 aromatic heterocycles. The highest BCUT2D eigenvalue weighted by Gasteiger charge is 2.13. The topological polar surface area (TPSA) is 52.0 Å². The molecule has 5 nitrogen and oxygen atoms in total. The summed E-state index contributed by atoms with van der Waals surface area (Å²) in [4.78, 5) is 1.56. The molecule has 14 heavy (non-hydrogen) atoms. The van der Waals surface area contributed by atoms with Crippen molar-refractivity contribution in [2.75, 3.05) is 13.1 Å². The summed E-state index contributed by atoms with van der Waals surface area (Å²) in [5.74, 6) is 0. The average molecular weight is 196 g/mol. The number of hydrogen-bond acceptors (Lipinski definition) is 4. The Morgan fingerprint density at radius 1 is 1.57 bits per heavy atom. The maximum Gasteiger partial charge on any atom is 0.108 e. The minimum Gasteiger partial charge on any atom is -0.372 e. The third kappa shape index (κ3) is 2.52. The van der Waals surface area contributed by atoms with E-state index in [9.17, 15) is 0 Å². The molecular formula is C9H16N4O. The lowest BCUT2D eigenvalue weighted by Crippen LogP contribution is -2.32. The van der Waals surface area contributed by atoms with Gasteiger partial charge in [0.15, 0.2) is 0 Å². The van der Waals surface area contributed by atoms with E-state index < -0.39 is 0 Å². The Morgan fingerprint density at radius 2 is 2.36 bits per heavy atom. The van der Waals surface area contributed by atoms with E-state index in [1.807, 2.05) is 7.05 Å². The quantitative estimate of drug-likeness (QED) is 0.744. The molecule has 0 saturated carbocycles. The maximum atomic E-state index is 5.73. The fourth-order valence-corrected chi connectivity index (χ4v) is 1.62. The molecule has 0 amide bonds. The molecule has 78 valence electrons. The number of rotatable bonds is 3. The molecule has 5 heteroatoms. The van der Waals surface area contributed by atoms with Crippen LogP contribution in [-0.2, 0) is 18.4 Å². The Balaban J connectivity index is 1.76. The molecule has 0 spiro atoms. The van der Waals surface area contributed by atoms with Crippen LogP contribution in [0.4, 0.5) is 0 Å². The molecule has 1 aliphatic rings. The van der Waals surface area contributed by atoms with Gasteiger partial charge < -0.3 is 10.1 Å². The molecule has 0 unspecified atom stereocenters. The van der Waals surface area contributed by atoms with Gasteiger partial charge in [0, 0.05) is 7.05 Å². The van der Waals surface area contributed by atoms with Crippen LogP contribution in [-0.4, -0.2) is 34.2 Å². The zero-order valence-electron chi connectivity index (χ0n) is 8.44. The summed E-state index contributed by atoms with van der Waals surface area (Å²) in [6.07, 6.45) is 4.33. The van der Waals surface area contributed by atoms with Crippen LogP contribution in [0.5, 0.6) is 0 Å². The van der Waals surface area contributed by atoms with Crippen molar-refractivity contribution in [2.24, 2.45) is 7.05 Å². The van der Waals surface area contributed by atoms with Crippen molar-refractivity contribution in [3.8, 4) is 0 Å². The number of aryl methyl sites for hydroxylation is 1. The van der Waals surface area contributed by atoms with Crippen LogP contribution >= 0.6 is 0 Å². The first kappa shape index (κ1) is 9.61. The summed E-state index contributed by atoms with van der Waals surface area (Å²) in [5.41, 5.74) is 0.908. The number of hydrogen-bond donors (Lipinski definition) is 1. The van der Waals surface area contributed by atoms with Crippen molar-refractivity contribution in [3.63, 3.8) is 0 Å². The molecule has 0 radical (unpaired) electrons. The molecule has 0 aromatic carbocycles. The fourth-order valence-electron chi connectivity index (χ4n) is 1.62. The summed E-state index contributed by atoms with van der Waals surface area (Å²) in [5, 5.41) is 11.5. The number of nitrogens with zero attached hydrogens (tertiary/aromatic N) is 3. The average Bonchev–Trinajstić information content (AvgIpc) is 2.63. The summed E-state index contributed by atoms with van der Waals surface area (Å²) < 4.78 is 5.73.